The van der Waals surface area contributed by atoms with Crippen molar-refractivity contribution in [1.29, 1.82) is 0 Å². The van der Waals surface area contributed by atoms with E-state index >= 15 is 0 Å². The molecule has 2 fully saturated rings. The number of nitrogens with zero attached hydrogens (tertiary/aromatic N) is 3. The molecule has 3 rings (SSSR count). The third kappa shape index (κ3) is 5.35. The number of likely N-dealkylation sites (N-methyl/N-ethyl adjacent to an activating group) is 1. The lowest BCUT2D eigenvalue weighted by atomic mass is 10.2. The molecule has 0 bridgehead atoms. The van der Waals surface area contributed by atoms with Gasteiger partial charge in [-0.25, -0.2) is 0 Å². The fourth-order valence-corrected chi connectivity index (χ4v) is 3.58. The molecule has 0 radical (unpaired) electrons. The Hall–Kier alpha value is -1.79. The monoisotopic (exact) mass is 360 g/mol. The first-order valence-electron chi connectivity index (χ1n) is 9.79. The molecule has 144 valence electrons. The van der Waals surface area contributed by atoms with Gasteiger partial charge in [0.25, 0.3) is 0 Å². The van der Waals surface area contributed by atoms with E-state index < -0.39 is 0 Å². The molecular formula is C20H32N4O2. The molecular weight excluding hydrogens is 328 g/mol. The Bertz CT molecular complexity index is 566. The average molecular weight is 361 g/mol. The number of hydrogen-bond donors (Lipinski definition) is 1. The van der Waals surface area contributed by atoms with Crippen molar-refractivity contribution in [2.24, 2.45) is 4.99 Å². The van der Waals surface area contributed by atoms with E-state index in [1.54, 1.807) is 0 Å². The highest BCUT2D eigenvalue weighted by Crippen LogP contribution is 2.22. The van der Waals surface area contributed by atoms with Crippen LogP contribution in [0, 0.1) is 0 Å². The Balaban J connectivity index is 1.46. The van der Waals surface area contributed by atoms with Crippen LogP contribution < -0.4 is 10.1 Å². The van der Waals surface area contributed by atoms with Crippen LogP contribution >= 0.6 is 0 Å². The summed E-state index contributed by atoms with van der Waals surface area (Å²) in [4.78, 5) is 9.48. The van der Waals surface area contributed by atoms with E-state index in [1.165, 1.54) is 19.4 Å². The molecule has 0 spiro atoms. The smallest absolute Gasteiger partial charge is 0.193 e. The van der Waals surface area contributed by atoms with Gasteiger partial charge in [-0.1, -0.05) is 18.2 Å². The van der Waals surface area contributed by atoms with Gasteiger partial charge in [0, 0.05) is 26.2 Å². The number of fused-ring (bicyclic) bond motifs is 1. The molecule has 0 aromatic heterocycles. The second-order valence-electron chi connectivity index (χ2n) is 7.02. The maximum atomic E-state index is 6.02. The van der Waals surface area contributed by atoms with Crippen LogP contribution in [0.1, 0.15) is 19.8 Å². The highest BCUT2D eigenvalue weighted by molar-refractivity contribution is 5.79. The molecule has 2 unspecified atom stereocenters. The molecule has 6 heteroatoms. The molecule has 2 aliphatic rings. The Morgan fingerprint density at radius 3 is 3.04 bits per heavy atom. The molecule has 1 aromatic carbocycles. The van der Waals surface area contributed by atoms with Crippen LogP contribution in [0.25, 0.3) is 0 Å². The van der Waals surface area contributed by atoms with E-state index in [-0.39, 0.29) is 6.10 Å². The summed E-state index contributed by atoms with van der Waals surface area (Å²) < 4.78 is 11.8. The van der Waals surface area contributed by atoms with Crippen molar-refractivity contribution in [2.45, 2.75) is 31.9 Å². The lowest BCUT2D eigenvalue weighted by molar-refractivity contribution is -0.0432. The fraction of sp³-hybridized carbons (Fsp3) is 0.650. The Morgan fingerprint density at radius 2 is 2.23 bits per heavy atom. The molecule has 26 heavy (non-hydrogen) atoms. The number of hydrogen-bond acceptors (Lipinski definition) is 4. The molecule has 2 aliphatic heterocycles. The Morgan fingerprint density at radius 1 is 1.38 bits per heavy atom. The number of para-hydroxylation sites is 1. The first-order chi connectivity index (χ1) is 12.8. The van der Waals surface area contributed by atoms with Crippen LogP contribution in [-0.2, 0) is 4.74 Å². The minimum absolute atomic E-state index is 0.201. The predicted molar refractivity (Wildman–Crippen MR) is 105 cm³/mol. The number of guanidine groups is 1. The predicted octanol–water partition coefficient (Wildman–Crippen LogP) is 1.83. The summed E-state index contributed by atoms with van der Waals surface area (Å²) in [6.45, 7) is 8.13. The van der Waals surface area contributed by atoms with Crippen molar-refractivity contribution in [3.63, 3.8) is 0 Å². The molecule has 6 nitrogen and oxygen atoms in total. The van der Waals surface area contributed by atoms with Gasteiger partial charge in [-0.2, -0.15) is 0 Å². The Labute approximate surface area is 157 Å². The Kier molecular flexibility index (Phi) is 7.14. The van der Waals surface area contributed by atoms with Crippen molar-refractivity contribution in [3.8, 4) is 5.75 Å². The van der Waals surface area contributed by atoms with Gasteiger partial charge < -0.3 is 19.7 Å². The molecule has 1 aromatic rings. The van der Waals surface area contributed by atoms with Gasteiger partial charge in [-0.05, 0) is 38.4 Å². The summed E-state index contributed by atoms with van der Waals surface area (Å²) in [6, 6.07) is 10.6. The van der Waals surface area contributed by atoms with E-state index in [2.05, 4.69) is 22.0 Å². The standard InChI is InChI=1S/C20H32N4O2/c1-3-21-20(23(2)12-13-25-18-9-5-4-6-10-18)22-14-19-15-24-11-7-8-17(24)16-26-19/h4-6,9-10,17,19H,3,7-8,11-16H2,1-2H3,(H,21,22). The van der Waals surface area contributed by atoms with Gasteiger partial charge in [0.2, 0.25) is 0 Å². The second-order valence-corrected chi connectivity index (χ2v) is 7.02. The summed E-state index contributed by atoms with van der Waals surface area (Å²) >= 11 is 0. The third-order valence-electron chi connectivity index (χ3n) is 5.04. The zero-order chi connectivity index (χ0) is 18.2. The van der Waals surface area contributed by atoms with Crippen LogP contribution in [0.5, 0.6) is 5.75 Å². The highest BCUT2D eigenvalue weighted by atomic mass is 16.5. The van der Waals surface area contributed by atoms with Crippen LogP contribution in [0.3, 0.4) is 0 Å². The fourth-order valence-electron chi connectivity index (χ4n) is 3.58. The van der Waals surface area contributed by atoms with E-state index in [1.807, 2.05) is 37.4 Å². The maximum absolute atomic E-state index is 6.02. The lowest BCUT2D eigenvalue weighted by Crippen LogP contribution is -2.48. The average Bonchev–Trinajstić information content (AvgIpc) is 3.13. The summed E-state index contributed by atoms with van der Waals surface area (Å²) in [6.07, 6.45) is 2.78. The number of ether oxygens (including phenoxy) is 2. The topological polar surface area (TPSA) is 49.3 Å². The van der Waals surface area contributed by atoms with Crippen LogP contribution in [0.4, 0.5) is 0 Å². The van der Waals surface area contributed by atoms with Gasteiger partial charge in [0.15, 0.2) is 5.96 Å². The van der Waals surface area contributed by atoms with Crippen molar-refractivity contribution in [2.75, 3.05) is 53.0 Å². The third-order valence-corrected chi connectivity index (χ3v) is 5.04. The summed E-state index contributed by atoms with van der Waals surface area (Å²) in [5.41, 5.74) is 0. The SMILES string of the molecule is CCNC(=NCC1CN2CCCC2CO1)N(C)CCOc1ccccc1. The van der Waals surface area contributed by atoms with Crippen LogP contribution in [-0.4, -0.2) is 80.9 Å². The van der Waals surface area contributed by atoms with E-state index in [0.29, 0.717) is 19.2 Å². The minimum atomic E-state index is 0.201. The molecule has 2 heterocycles. The van der Waals surface area contributed by atoms with Gasteiger partial charge in [-0.3, -0.25) is 9.89 Å². The molecule has 2 saturated heterocycles. The minimum Gasteiger partial charge on any atom is -0.492 e. The number of aliphatic imine (C=N–C) groups is 1. The van der Waals surface area contributed by atoms with E-state index in [0.717, 1.165) is 38.0 Å². The number of rotatable bonds is 7. The lowest BCUT2D eigenvalue weighted by Gasteiger charge is -2.34. The summed E-state index contributed by atoms with van der Waals surface area (Å²) in [7, 11) is 2.05. The first kappa shape index (κ1) is 19.0. The van der Waals surface area contributed by atoms with Gasteiger partial charge in [0.1, 0.15) is 12.4 Å². The number of morpholine rings is 1. The quantitative estimate of drug-likeness (QED) is 0.594. The van der Waals surface area contributed by atoms with Gasteiger partial charge in [0.05, 0.1) is 25.8 Å². The normalized spacial score (nSPS) is 23.5. The maximum Gasteiger partial charge on any atom is 0.193 e. The zero-order valence-electron chi connectivity index (χ0n) is 16.1. The van der Waals surface area contributed by atoms with Crippen molar-refractivity contribution in [3.05, 3.63) is 30.3 Å². The summed E-state index contributed by atoms with van der Waals surface area (Å²) in [5, 5.41) is 3.37. The molecule has 0 saturated carbocycles. The van der Waals surface area contributed by atoms with Crippen molar-refractivity contribution in [1.82, 2.24) is 15.1 Å². The number of benzene rings is 1. The molecule has 2 atom stereocenters. The van der Waals surface area contributed by atoms with Gasteiger partial charge in [-0.15, -0.1) is 0 Å². The van der Waals surface area contributed by atoms with Crippen LogP contribution in [0.15, 0.2) is 35.3 Å². The van der Waals surface area contributed by atoms with Crippen molar-refractivity contribution >= 4 is 5.96 Å². The first-order valence-corrected chi connectivity index (χ1v) is 9.79. The largest absolute Gasteiger partial charge is 0.492 e. The van der Waals surface area contributed by atoms with Crippen LogP contribution in [0.2, 0.25) is 0 Å². The van der Waals surface area contributed by atoms with Crippen molar-refractivity contribution < 1.29 is 9.47 Å². The second kappa shape index (κ2) is 9.78. The number of nitrogens with one attached hydrogen (secondary N) is 1. The van der Waals surface area contributed by atoms with Gasteiger partial charge >= 0.3 is 0 Å². The molecule has 1 N–H and O–H groups in total. The molecule has 0 aliphatic carbocycles. The molecule has 0 amide bonds. The van der Waals surface area contributed by atoms with E-state index in [4.69, 9.17) is 14.5 Å². The summed E-state index contributed by atoms with van der Waals surface area (Å²) in [5.74, 6) is 1.81. The highest BCUT2D eigenvalue weighted by Gasteiger charge is 2.32. The zero-order valence-corrected chi connectivity index (χ0v) is 16.1. The van der Waals surface area contributed by atoms with E-state index in [9.17, 15) is 0 Å².